The second-order valence-corrected chi connectivity index (χ2v) is 6.84. The van der Waals surface area contributed by atoms with E-state index in [9.17, 15) is 9.59 Å². The van der Waals surface area contributed by atoms with Crippen LogP contribution in [0.5, 0.6) is 0 Å². The van der Waals surface area contributed by atoms with Crippen molar-refractivity contribution in [3.8, 4) is 0 Å². The highest BCUT2D eigenvalue weighted by Gasteiger charge is 2.30. The van der Waals surface area contributed by atoms with Gasteiger partial charge in [-0.1, -0.05) is 50.1 Å². The highest BCUT2D eigenvalue weighted by molar-refractivity contribution is 5.81. The maximum Gasteiger partial charge on any atom is 0.410 e. The van der Waals surface area contributed by atoms with Crippen molar-refractivity contribution in [2.75, 3.05) is 7.05 Å². The molecule has 24 heavy (non-hydrogen) atoms. The van der Waals surface area contributed by atoms with E-state index in [1.165, 1.54) is 4.90 Å². The largest absolute Gasteiger partial charge is 0.459 e. The van der Waals surface area contributed by atoms with Crippen LogP contribution in [-0.2, 0) is 20.9 Å². The highest BCUT2D eigenvalue weighted by atomic mass is 16.6. The van der Waals surface area contributed by atoms with Gasteiger partial charge >= 0.3 is 12.1 Å². The summed E-state index contributed by atoms with van der Waals surface area (Å²) in [5.41, 5.74) is 0.314. The molecule has 5 nitrogen and oxygen atoms in total. The van der Waals surface area contributed by atoms with Gasteiger partial charge in [-0.3, -0.25) is 4.90 Å². The number of likely N-dealkylation sites (N-methyl/N-ethyl adjacent to an activating group) is 1. The van der Waals surface area contributed by atoms with Crippen molar-refractivity contribution >= 4 is 12.1 Å². The van der Waals surface area contributed by atoms with Crippen molar-refractivity contribution < 1.29 is 19.1 Å². The zero-order valence-electron chi connectivity index (χ0n) is 15.4. The van der Waals surface area contributed by atoms with Crippen LogP contribution in [-0.4, -0.2) is 35.7 Å². The number of carbonyl (C=O) groups excluding carboxylic acids is 2. The molecule has 0 unspecified atom stereocenters. The Labute approximate surface area is 144 Å². The van der Waals surface area contributed by atoms with Gasteiger partial charge in [-0.25, -0.2) is 9.59 Å². The second-order valence-electron chi connectivity index (χ2n) is 6.84. The molecule has 0 aromatic heterocycles. The summed E-state index contributed by atoms with van der Waals surface area (Å²) in [5, 5.41) is 0. The number of rotatable bonds is 7. The van der Waals surface area contributed by atoms with E-state index in [2.05, 4.69) is 0 Å². The first kappa shape index (κ1) is 20.0. The number of amides is 1. The maximum atomic E-state index is 12.5. The van der Waals surface area contributed by atoms with Crippen LogP contribution in [0, 0.1) is 0 Å². The third kappa shape index (κ3) is 7.02. The molecule has 1 amide bonds. The molecule has 0 radical (unpaired) electrons. The van der Waals surface area contributed by atoms with E-state index in [1.54, 1.807) is 27.8 Å². The first-order valence-electron chi connectivity index (χ1n) is 8.41. The van der Waals surface area contributed by atoms with Crippen LogP contribution in [0.3, 0.4) is 0 Å². The van der Waals surface area contributed by atoms with Crippen LogP contribution in [0.2, 0.25) is 0 Å². The van der Waals surface area contributed by atoms with E-state index in [0.717, 1.165) is 18.4 Å². The average molecular weight is 335 g/mol. The summed E-state index contributed by atoms with van der Waals surface area (Å²) in [6, 6.07) is 8.85. The van der Waals surface area contributed by atoms with Gasteiger partial charge in [0.15, 0.2) is 0 Å². The molecule has 0 N–H and O–H groups in total. The Morgan fingerprint density at radius 1 is 1.17 bits per heavy atom. The summed E-state index contributed by atoms with van der Waals surface area (Å²) in [5.74, 6) is -0.402. The summed E-state index contributed by atoms with van der Waals surface area (Å²) in [6.45, 7) is 7.64. The fourth-order valence-electron chi connectivity index (χ4n) is 2.15. The minimum Gasteiger partial charge on any atom is -0.459 e. The van der Waals surface area contributed by atoms with E-state index in [1.807, 2.05) is 37.3 Å². The Morgan fingerprint density at radius 2 is 1.79 bits per heavy atom. The first-order chi connectivity index (χ1) is 11.2. The quantitative estimate of drug-likeness (QED) is 0.702. The molecule has 0 spiro atoms. The topological polar surface area (TPSA) is 55.8 Å². The van der Waals surface area contributed by atoms with Gasteiger partial charge in [0.25, 0.3) is 0 Å². The molecule has 5 heteroatoms. The summed E-state index contributed by atoms with van der Waals surface area (Å²) in [6.07, 6.45) is 1.81. The number of esters is 1. The van der Waals surface area contributed by atoms with E-state index in [4.69, 9.17) is 9.47 Å². The SMILES string of the molecule is CCCC[C@@H](C(=O)OCc1ccccc1)N(C)C(=O)OC(C)(C)C. The number of benzene rings is 1. The van der Waals surface area contributed by atoms with E-state index in [-0.39, 0.29) is 6.61 Å². The average Bonchev–Trinajstić information content (AvgIpc) is 2.52. The van der Waals surface area contributed by atoms with E-state index in [0.29, 0.717) is 6.42 Å². The van der Waals surface area contributed by atoms with Crippen molar-refractivity contribution in [3.05, 3.63) is 35.9 Å². The normalized spacial score (nSPS) is 12.4. The molecular formula is C19H29NO4. The number of hydrogen-bond donors (Lipinski definition) is 0. The molecule has 0 aliphatic carbocycles. The molecule has 1 aromatic carbocycles. The van der Waals surface area contributed by atoms with Crippen LogP contribution in [0.25, 0.3) is 0 Å². The zero-order chi connectivity index (χ0) is 18.2. The predicted molar refractivity (Wildman–Crippen MR) is 93.5 cm³/mol. The van der Waals surface area contributed by atoms with Crippen molar-refractivity contribution in [2.45, 2.75) is 65.2 Å². The molecule has 0 aliphatic heterocycles. The van der Waals surface area contributed by atoms with Gasteiger partial charge in [0, 0.05) is 7.05 Å². The lowest BCUT2D eigenvalue weighted by Gasteiger charge is -2.29. The third-order valence-corrected chi connectivity index (χ3v) is 3.48. The molecule has 0 fully saturated rings. The van der Waals surface area contributed by atoms with Crippen molar-refractivity contribution in [3.63, 3.8) is 0 Å². The van der Waals surface area contributed by atoms with Crippen molar-refractivity contribution in [2.24, 2.45) is 0 Å². The van der Waals surface area contributed by atoms with Crippen LogP contribution < -0.4 is 0 Å². The molecule has 0 saturated heterocycles. The number of unbranched alkanes of at least 4 members (excludes halogenated alkanes) is 1. The zero-order valence-corrected chi connectivity index (χ0v) is 15.4. The van der Waals surface area contributed by atoms with Crippen LogP contribution in [0.1, 0.15) is 52.5 Å². The molecule has 0 saturated carbocycles. The molecule has 1 aromatic rings. The Balaban J connectivity index is 2.71. The number of carbonyl (C=O) groups is 2. The first-order valence-corrected chi connectivity index (χ1v) is 8.41. The Morgan fingerprint density at radius 3 is 2.33 bits per heavy atom. The number of nitrogens with zero attached hydrogens (tertiary/aromatic N) is 1. The van der Waals surface area contributed by atoms with Crippen LogP contribution >= 0.6 is 0 Å². The fraction of sp³-hybridized carbons (Fsp3) is 0.579. The van der Waals surface area contributed by atoms with Crippen molar-refractivity contribution in [1.82, 2.24) is 4.90 Å². The minimum atomic E-state index is -0.636. The van der Waals surface area contributed by atoms with Crippen molar-refractivity contribution in [1.29, 1.82) is 0 Å². The molecule has 134 valence electrons. The lowest BCUT2D eigenvalue weighted by molar-refractivity contribution is -0.151. The highest BCUT2D eigenvalue weighted by Crippen LogP contribution is 2.15. The molecule has 0 bridgehead atoms. The van der Waals surface area contributed by atoms with Crippen LogP contribution in [0.4, 0.5) is 4.79 Å². The van der Waals surface area contributed by atoms with E-state index < -0.39 is 23.7 Å². The number of hydrogen-bond acceptors (Lipinski definition) is 4. The molecule has 1 rings (SSSR count). The standard InChI is InChI=1S/C19H29NO4/c1-6-7-13-16(20(5)18(22)24-19(2,3)4)17(21)23-14-15-11-9-8-10-12-15/h8-12,16H,6-7,13-14H2,1-5H3/t16-/m0/s1. The lowest BCUT2D eigenvalue weighted by Crippen LogP contribution is -2.45. The molecule has 0 aliphatic rings. The maximum absolute atomic E-state index is 12.5. The van der Waals surface area contributed by atoms with E-state index >= 15 is 0 Å². The Hall–Kier alpha value is -2.04. The number of ether oxygens (including phenoxy) is 2. The predicted octanol–water partition coefficient (Wildman–Crippen LogP) is 4.16. The van der Waals surface area contributed by atoms with Gasteiger partial charge in [0.2, 0.25) is 0 Å². The van der Waals surface area contributed by atoms with Gasteiger partial charge < -0.3 is 9.47 Å². The monoisotopic (exact) mass is 335 g/mol. The van der Waals surface area contributed by atoms with Crippen LogP contribution in [0.15, 0.2) is 30.3 Å². The Kier molecular flexibility index (Phi) is 7.75. The summed E-state index contributed by atoms with van der Waals surface area (Å²) < 4.78 is 10.8. The van der Waals surface area contributed by atoms with Gasteiger partial charge in [-0.15, -0.1) is 0 Å². The third-order valence-electron chi connectivity index (χ3n) is 3.48. The molecule has 0 heterocycles. The summed E-state index contributed by atoms with van der Waals surface area (Å²) in [7, 11) is 1.58. The second kappa shape index (κ2) is 9.30. The summed E-state index contributed by atoms with van der Waals surface area (Å²) >= 11 is 0. The lowest BCUT2D eigenvalue weighted by atomic mass is 10.1. The smallest absolute Gasteiger partial charge is 0.410 e. The minimum absolute atomic E-state index is 0.199. The molecule has 1 atom stereocenters. The Bertz CT molecular complexity index is 522. The van der Waals surface area contributed by atoms with Gasteiger partial charge in [0.05, 0.1) is 0 Å². The van der Waals surface area contributed by atoms with Gasteiger partial charge in [-0.05, 0) is 32.8 Å². The van der Waals surface area contributed by atoms with Gasteiger partial charge in [0.1, 0.15) is 18.2 Å². The van der Waals surface area contributed by atoms with Gasteiger partial charge in [-0.2, -0.15) is 0 Å². The molecular weight excluding hydrogens is 306 g/mol. The fourth-order valence-corrected chi connectivity index (χ4v) is 2.15. The summed E-state index contributed by atoms with van der Waals surface area (Å²) in [4.78, 5) is 26.0.